The van der Waals surface area contributed by atoms with Gasteiger partial charge >= 0.3 is 5.69 Å². The highest BCUT2D eigenvalue weighted by molar-refractivity contribution is 5.69. The van der Waals surface area contributed by atoms with Gasteiger partial charge < -0.3 is 10.6 Å². The van der Waals surface area contributed by atoms with E-state index in [0.717, 1.165) is 5.69 Å². The number of nitrogens with zero attached hydrogens (tertiary/aromatic N) is 3. The first-order chi connectivity index (χ1) is 9.13. The Morgan fingerprint density at radius 1 is 1.26 bits per heavy atom. The quantitative estimate of drug-likeness (QED) is 0.673. The number of hydrogen-bond donors (Lipinski definition) is 1. The summed E-state index contributed by atoms with van der Waals surface area (Å²) in [6, 6.07) is 12.2. The zero-order valence-electron chi connectivity index (χ0n) is 10.5. The summed E-state index contributed by atoms with van der Waals surface area (Å²) < 4.78 is 0. The zero-order chi connectivity index (χ0) is 13.8. The van der Waals surface area contributed by atoms with Crippen molar-refractivity contribution in [3.8, 4) is 0 Å². The number of pyridine rings is 1. The summed E-state index contributed by atoms with van der Waals surface area (Å²) in [5.41, 5.74) is 6.42. The number of para-hydroxylation sites is 1. The Morgan fingerprint density at radius 3 is 2.53 bits per heavy atom. The van der Waals surface area contributed by atoms with Crippen LogP contribution in [0.15, 0.2) is 42.5 Å². The van der Waals surface area contributed by atoms with Crippen molar-refractivity contribution in [2.75, 3.05) is 17.2 Å². The molecule has 0 unspecified atom stereocenters. The Bertz CT molecular complexity index is 586. The molecule has 6 heteroatoms. The summed E-state index contributed by atoms with van der Waals surface area (Å²) in [4.78, 5) is 16.5. The summed E-state index contributed by atoms with van der Waals surface area (Å²) in [6.07, 6.45) is 0. The number of nitrogens with two attached hydrogens (primary N) is 1. The Labute approximate surface area is 110 Å². The molecule has 2 aromatic rings. The molecule has 1 aromatic heterocycles. The lowest BCUT2D eigenvalue weighted by Crippen LogP contribution is -2.19. The van der Waals surface area contributed by atoms with Crippen molar-refractivity contribution in [1.29, 1.82) is 0 Å². The van der Waals surface area contributed by atoms with Crippen LogP contribution in [0.1, 0.15) is 6.92 Å². The first kappa shape index (κ1) is 12.8. The minimum atomic E-state index is -0.451. The molecule has 0 aliphatic heterocycles. The lowest BCUT2D eigenvalue weighted by atomic mass is 10.2. The number of nitrogen functional groups attached to an aromatic ring is 1. The van der Waals surface area contributed by atoms with Gasteiger partial charge in [-0.3, -0.25) is 10.1 Å². The first-order valence-electron chi connectivity index (χ1n) is 5.87. The van der Waals surface area contributed by atoms with Gasteiger partial charge in [-0.05, 0) is 25.1 Å². The fourth-order valence-corrected chi connectivity index (χ4v) is 1.86. The van der Waals surface area contributed by atoms with Crippen LogP contribution in [0.4, 0.5) is 23.0 Å². The predicted octanol–water partition coefficient (Wildman–Crippen LogP) is 2.73. The van der Waals surface area contributed by atoms with Gasteiger partial charge in [-0.25, -0.2) is 4.98 Å². The van der Waals surface area contributed by atoms with E-state index in [-0.39, 0.29) is 17.3 Å². The maximum atomic E-state index is 11.1. The summed E-state index contributed by atoms with van der Waals surface area (Å²) >= 11 is 0. The molecule has 0 bridgehead atoms. The topological polar surface area (TPSA) is 85.3 Å². The lowest BCUT2D eigenvalue weighted by Gasteiger charge is -2.21. The van der Waals surface area contributed by atoms with Crippen LogP contribution >= 0.6 is 0 Å². The van der Waals surface area contributed by atoms with E-state index in [0.29, 0.717) is 6.54 Å². The van der Waals surface area contributed by atoms with E-state index in [1.807, 2.05) is 37.3 Å². The fourth-order valence-electron chi connectivity index (χ4n) is 1.86. The van der Waals surface area contributed by atoms with E-state index >= 15 is 0 Å². The van der Waals surface area contributed by atoms with Crippen LogP contribution in [0.5, 0.6) is 0 Å². The van der Waals surface area contributed by atoms with E-state index in [1.165, 1.54) is 12.1 Å². The van der Waals surface area contributed by atoms with Gasteiger partial charge in [0.15, 0.2) is 0 Å². The molecule has 0 aliphatic rings. The number of hydrogen-bond acceptors (Lipinski definition) is 5. The standard InChI is InChI=1S/C13H14N4O2/c1-2-16(10-6-4-3-5-7-10)13-11(17(18)19)8-9-12(14)15-13/h3-9H,2H2,1H3,(H2,14,15). The SMILES string of the molecule is CCN(c1ccccc1)c1nc(N)ccc1[N+](=O)[O-]. The maximum Gasteiger partial charge on any atom is 0.312 e. The molecule has 0 amide bonds. The molecule has 1 aromatic carbocycles. The van der Waals surface area contributed by atoms with Crippen molar-refractivity contribution < 1.29 is 4.92 Å². The van der Waals surface area contributed by atoms with Gasteiger partial charge in [-0.15, -0.1) is 0 Å². The molecule has 0 spiro atoms. The molecule has 0 aliphatic carbocycles. The van der Waals surface area contributed by atoms with Crippen LogP contribution in [0.2, 0.25) is 0 Å². The Hall–Kier alpha value is -2.63. The van der Waals surface area contributed by atoms with E-state index in [4.69, 9.17) is 5.73 Å². The highest BCUT2D eigenvalue weighted by atomic mass is 16.6. The molecule has 0 saturated heterocycles. The van der Waals surface area contributed by atoms with Crippen molar-refractivity contribution >= 4 is 23.0 Å². The van der Waals surface area contributed by atoms with Gasteiger partial charge in [-0.1, -0.05) is 18.2 Å². The molecule has 0 atom stereocenters. The van der Waals surface area contributed by atoms with Crippen LogP contribution in [-0.2, 0) is 0 Å². The Morgan fingerprint density at radius 2 is 1.95 bits per heavy atom. The van der Waals surface area contributed by atoms with E-state index in [2.05, 4.69) is 4.98 Å². The second kappa shape index (κ2) is 5.34. The molecule has 19 heavy (non-hydrogen) atoms. The second-order valence-corrected chi connectivity index (χ2v) is 3.92. The van der Waals surface area contributed by atoms with Crippen LogP contribution < -0.4 is 10.6 Å². The van der Waals surface area contributed by atoms with Gasteiger partial charge in [0.05, 0.1) is 4.92 Å². The van der Waals surface area contributed by atoms with Crippen LogP contribution in [0, 0.1) is 10.1 Å². The monoisotopic (exact) mass is 258 g/mol. The van der Waals surface area contributed by atoms with Crippen LogP contribution in [0.3, 0.4) is 0 Å². The molecule has 0 fully saturated rings. The van der Waals surface area contributed by atoms with Crippen molar-refractivity contribution in [1.82, 2.24) is 4.98 Å². The predicted molar refractivity (Wildman–Crippen MR) is 74.4 cm³/mol. The number of aromatic nitrogens is 1. The van der Waals surface area contributed by atoms with Crippen molar-refractivity contribution in [3.05, 3.63) is 52.6 Å². The average molecular weight is 258 g/mol. The molecule has 98 valence electrons. The van der Waals surface area contributed by atoms with Crippen LogP contribution in [-0.4, -0.2) is 16.5 Å². The molecule has 0 saturated carbocycles. The molecule has 6 nitrogen and oxygen atoms in total. The van der Waals surface area contributed by atoms with Gasteiger partial charge in [0, 0.05) is 18.3 Å². The highest BCUT2D eigenvalue weighted by Gasteiger charge is 2.21. The van der Waals surface area contributed by atoms with Crippen molar-refractivity contribution in [3.63, 3.8) is 0 Å². The number of benzene rings is 1. The summed E-state index contributed by atoms with van der Waals surface area (Å²) in [7, 11) is 0. The minimum absolute atomic E-state index is 0.0556. The van der Waals surface area contributed by atoms with E-state index in [1.54, 1.807) is 4.90 Å². The second-order valence-electron chi connectivity index (χ2n) is 3.92. The summed E-state index contributed by atoms with van der Waals surface area (Å²) in [5, 5.41) is 11.1. The molecular weight excluding hydrogens is 244 g/mol. The largest absolute Gasteiger partial charge is 0.384 e. The van der Waals surface area contributed by atoms with E-state index in [9.17, 15) is 10.1 Å². The van der Waals surface area contributed by atoms with Gasteiger partial charge in [0.1, 0.15) is 5.82 Å². The first-order valence-corrected chi connectivity index (χ1v) is 5.87. The van der Waals surface area contributed by atoms with Gasteiger partial charge in [0.2, 0.25) is 5.82 Å². The summed E-state index contributed by atoms with van der Waals surface area (Å²) in [5.74, 6) is 0.522. The summed E-state index contributed by atoms with van der Waals surface area (Å²) in [6.45, 7) is 2.46. The zero-order valence-corrected chi connectivity index (χ0v) is 10.5. The molecule has 1 heterocycles. The molecule has 0 radical (unpaired) electrons. The van der Waals surface area contributed by atoms with Gasteiger partial charge in [0.25, 0.3) is 0 Å². The highest BCUT2D eigenvalue weighted by Crippen LogP contribution is 2.32. The average Bonchev–Trinajstić information content (AvgIpc) is 2.40. The van der Waals surface area contributed by atoms with E-state index < -0.39 is 4.92 Å². The fraction of sp³-hybridized carbons (Fsp3) is 0.154. The maximum absolute atomic E-state index is 11.1. The van der Waals surface area contributed by atoms with Crippen LogP contribution in [0.25, 0.3) is 0 Å². The number of nitro groups is 1. The normalized spacial score (nSPS) is 10.2. The third kappa shape index (κ3) is 2.62. The number of anilines is 3. The van der Waals surface area contributed by atoms with Crippen molar-refractivity contribution in [2.24, 2.45) is 0 Å². The smallest absolute Gasteiger partial charge is 0.312 e. The minimum Gasteiger partial charge on any atom is -0.384 e. The Balaban J connectivity index is 2.55. The molecular formula is C13H14N4O2. The molecule has 2 N–H and O–H groups in total. The lowest BCUT2D eigenvalue weighted by molar-refractivity contribution is -0.384. The number of rotatable bonds is 4. The van der Waals surface area contributed by atoms with Gasteiger partial charge in [-0.2, -0.15) is 0 Å². The van der Waals surface area contributed by atoms with Crippen molar-refractivity contribution in [2.45, 2.75) is 6.92 Å². The Kier molecular flexibility index (Phi) is 3.61. The molecule has 2 rings (SSSR count). The third-order valence-electron chi connectivity index (χ3n) is 2.71. The third-order valence-corrected chi connectivity index (χ3v) is 2.71.